The van der Waals surface area contributed by atoms with Gasteiger partial charge in [-0.05, 0) is 6.92 Å². The highest BCUT2D eigenvalue weighted by Gasteiger charge is 2.09. The predicted octanol–water partition coefficient (Wildman–Crippen LogP) is 2.72. The van der Waals surface area contributed by atoms with Gasteiger partial charge in [-0.2, -0.15) is 0 Å². The van der Waals surface area contributed by atoms with Crippen molar-refractivity contribution < 1.29 is 4.74 Å². The lowest BCUT2D eigenvalue weighted by atomic mass is 10.2. The topological polar surface area (TPSA) is 48.1 Å². The molecule has 0 aliphatic rings. The van der Waals surface area contributed by atoms with E-state index in [9.17, 15) is 0 Å². The minimum Gasteiger partial charge on any atom is -0.380 e. The maximum Gasteiger partial charge on any atom is 0.0948 e. The number of ether oxygens (including phenoxy) is 1. The Labute approximate surface area is 112 Å². The highest BCUT2D eigenvalue weighted by atomic mass is 32.1. The largest absolute Gasteiger partial charge is 0.380 e. The molecule has 0 radical (unpaired) electrons. The highest BCUT2D eigenvalue weighted by molar-refractivity contribution is 7.09. The molecule has 18 heavy (non-hydrogen) atoms. The quantitative estimate of drug-likeness (QED) is 0.870. The second-order valence-corrected chi connectivity index (χ2v) is 5.06. The Kier molecular flexibility index (Phi) is 4.87. The van der Waals surface area contributed by atoms with Crippen LogP contribution in [0.15, 0.2) is 35.7 Å². The zero-order chi connectivity index (χ0) is 12.8. The fraction of sp³-hybridized carbons (Fsp3) is 0.357. The van der Waals surface area contributed by atoms with Crippen molar-refractivity contribution in [3.8, 4) is 11.3 Å². The minimum atomic E-state index is 0.0275. The van der Waals surface area contributed by atoms with E-state index in [1.165, 1.54) is 0 Å². The van der Waals surface area contributed by atoms with Gasteiger partial charge in [-0.1, -0.05) is 30.3 Å². The second-order valence-electron chi connectivity index (χ2n) is 4.12. The normalized spacial score (nSPS) is 12.6. The first kappa shape index (κ1) is 13.2. The summed E-state index contributed by atoms with van der Waals surface area (Å²) in [5.74, 6) is 0. The number of benzene rings is 1. The van der Waals surface area contributed by atoms with Crippen LogP contribution in [0.2, 0.25) is 0 Å². The molecule has 0 aliphatic carbocycles. The van der Waals surface area contributed by atoms with Gasteiger partial charge >= 0.3 is 0 Å². The van der Waals surface area contributed by atoms with Crippen LogP contribution in [-0.2, 0) is 11.2 Å². The van der Waals surface area contributed by atoms with Crippen molar-refractivity contribution in [3.63, 3.8) is 0 Å². The van der Waals surface area contributed by atoms with Crippen molar-refractivity contribution in [2.24, 2.45) is 5.73 Å². The van der Waals surface area contributed by atoms with E-state index < -0.39 is 0 Å². The Morgan fingerprint density at radius 2 is 2.11 bits per heavy atom. The van der Waals surface area contributed by atoms with Gasteiger partial charge in [-0.25, -0.2) is 4.98 Å². The Morgan fingerprint density at radius 3 is 2.83 bits per heavy atom. The molecular weight excluding hydrogens is 244 g/mol. The molecule has 3 nitrogen and oxygen atoms in total. The third kappa shape index (κ3) is 3.63. The van der Waals surface area contributed by atoms with Crippen molar-refractivity contribution in [1.29, 1.82) is 0 Å². The number of aromatic nitrogens is 1. The van der Waals surface area contributed by atoms with Gasteiger partial charge in [0.2, 0.25) is 0 Å². The van der Waals surface area contributed by atoms with Gasteiger partial charge in [0.25, 0.3) is 0 Å². The van der Waals surface area contributed by atoms with Gasteiger partial charge in [0, 0.05) is 30.0 Å². The maximum atomic E-state index is 5.98. The molecule has 96 valence electrons. The van der Waals surface area contributed by atoms with E-state index in [1.807, 2.05) is 25.1 Å². The number of rotatable bonds is 6. The van der Waals surface area contributed by atoms with Gasteiger partial charge in [0.05, 0.1) is 17.3 Å². The van der Waals surface area contributed by atoms with E-state index in [0.717, 1.165) is 22.7 Å². The van der Waals surface area contributed by atoms with Crippen LogP contribution in [-0.4, -0.2) is 24.2 Å². The molecule has 1 heterocycles. The zero-order valence-electron chi connectivity index (χ0n) is 10.5. The minimum absolute atomic E-state index is 0.0275. The van der Waals surface area contributed by atoms with Crippen LogP contribution >= 0.6 is 11.3 Å². The standard InChI is InChI=1S/C14H18N2OS/c1-2-17-9-12(15)8-14-16-13(10-18-14)11-6-4-3-5-7-11/h3-7,10,12H,2,8-9,15H2,1H3. The first-order valence-electron chi connectivity index (χ1n) is 6.12. The summed E-state index contributed by atoms with van der Waals surface area (Å²) in [6.07, 6.45) is 0.775. The summed E-state index contributed by atoms with van der Waals surface area (Å²) < 4.78 is 5.31. The molecule has 2 N–H and O–H groups in total. The van der Waals surface area contributed by atoms with Gasteiger partial charge in [0.1, 0.15) is 0 Å². The summed E-state index contributed by atoms with van der Waals surface area (Å²) in [4.78, 5) is 4.61. The summed E-state index contributed by atoms with van der Waals surface area (Å²) in [5, 5.41) is 3.15. The van der Waals surface area contributed by atoms with Crippen molar-refractivity contribution in [3.05, 3.63) is 40.7 Å². The third-order valence-corrected chi connectivity index (χ3v) is 3.47. The molecule has 1 aromatic heterocycles. The maximum absolute atomic E-state index is 5.98. The summed E-state index contributed by atoms with van der Waals surface area (Å²) in [5.41, 5.74) is 8.16. The Balaban J connectivity index is 1.98. The first-order chi connectivity index (χ1) is 8.79. The van der Waals surface area contributed by atoms with Crippen LogP contribution in [0.25, 0.3) is 11.3 Å². The Hall–Kier alpha value is -1.23. The van der Waals surface area contributed by atoms with Gasteiger partial charge in [-0.15, -0.1) is 11.3 Å². The average Bonchev–Trinajstić information content (AvgIpc) is 2.86. The summed E-state index contributed by atoms with van der Waals surface area (Å²) in [6, 6.07) is 10.2. The highest BCUT2D eigenvalue weighted by Crippen LogP contribution is 2.22. The predicted molar refractivity (Wildman–Crippen MR) is 75.7 cm³/mol. The average molecular weight is 262 g/mol. The smallest absolute Gasteiger partial charge is 0.0948 e. The van der Waals surface area contributed by atoms with E-state index in [2.05, 4.69) is 22.5 Å². The number of thiazole rings is 1. The van der Waals surface area contributed by atoms with Crippen molar-refractivity contribution >= 4 is 11.3 Å². The summed E-state index contributed by atoms with van der Waals surface area (Å²) in [7, 11) is 0. The van der Waals surface area contributed by atoms with Crippen LogP contribution in [0.5, 0.6) is 0 Å². The van der Waals surface area contributed by atoms with E-state index in [4.69, 9.17) is 10.5 Å². The van der Waals surface area contributed by atoms with E-state index in [1.54, 1.807) is 11.3 Å². The number of hydrogen-bond donors (Lipinski definition) is 1. The molecule has 1 atom stereocenters. The molecule has 0 saturated heterocycles. The van der Waals surface area contributed by atoms with Crippen molar-refractivity contribution in [1.82, 2.24) is 4.98 Å². The van der Waals surface area contributed by atoms with Gasteiger partial charge in [0.15, 0.2) is 0 Å². The summed E-state index contributed by atoms with van der Waals surface area (Å²) in [6.45, 7) is 3.28. The van der Waals surface area contributed by atoms with Crippen LogP contribution in [0.4, 0.5) is 0 Å². The van der Waals surface area contributed by atoms with Crippen LogP contribution < -0.4 is 5.73 Å². The molecule has 1 unspecified atom stereocenters. The van der Waals surface area contributed by atoms with Crippen LogP contribution in [0, 0.1) is 0 Å². The lowest BCUT2D eigenvalue weighted by Crippen LogP contribution is -2.28. The lowest BCUT2D eigenvalue weighted by Gasteiger charge is -2.08. The molecule has 0 amide bonds. The van der Waals surface area contributed by atoms with Gasteiger partial charge < -0.3 is 10.5 Å². The van der Waals surface area contributed by atoms with E-state index in [0.29, 0.717) is 13.2 Å². The molecule has 0 bridgehead atoms. The molecule has 2 rings (SSSR count). The molecule has 0 spiro atoms. The number of nitrogens with zero attached hydrogens (tertiary/aromatic N) is 1. The van der Waals surface area contributed by atoms with Crippen LogP contribution in [0.3, 0.4) is 0 Å². The lowest BCUT2D eigenvalue weighted by molar-refractivity contribution is 0.133. The number of nitrogens with two attached hydrogens (primary N) is 1. The fourth-order valence-electron chi connectivity index (χ4n) is 1.70. The van der Waals surface area contributed by atoms with Crippen LogP contribution in [0.1, 0.15) is 11.9 Å². The molecule has 1 aromatic carbocycles. The second kappa shape index (κ2) is 6.64. The van der Waals surface area contributed by atoms with Crippen molar-refractivity contribution in [2.45, 2.75) is 19.4 Å². The molecule has 0 saturated carbocycles. The number of hydrogen-bond acceptors (Lipinski definition) is 4. The monoisotopic (exact) mass is 262 g/mol. The van der Waals surface area contributed by atoms with Crippen molar-refractivity contribution in [2.75, 3.05) is 13.2 Å². The van der Waals surface area contributed by atoms with E-state index >= 15 is 0 Å². The molecule has 0 aliphatic heterocycles. The Morgan fingerprint density at radius 1 is 1.33 bits per heavy atom. The van der Waals surface area contributed by atoms with E-state index in [-0.39, 0.29) is 6.04 Å². The Bertz CT molecular complexity index is 470. The molecule has 4 heteroatoms. The molecular formula is C14H18N2OS. The zero-order valence-corrected chi connectivity index (χ0v) is 11.3. The molecule has 0 fully saturated rings. The van der Waals surface area contributed by atoms with Gasteiger partial charge in [-0.3, -0.25) is 0 Å². The third-order valence-electron chi connectivity index (χ3n) is 2.59. The fourth-order valence-corrected chi connectivity index (χ4v) is 2.60. The molecule has 2 aromatic rings. The SMILES string of the molecule is CCOCC(N)Cc1nc(-c2ccccc2)cs1. The summed E-state index contributed by atoms with van der Waals surface area (Å²) >= 11 is 1.66. The first-order valence-corrected chi connectivity index (χ1v) is 7.00.